The van der Waals surface area contributed by atoms with E-state index in [9.17, 15) is 9.59 Å². The molecule has 186 valence electrons. The third kappa shape index (κ3) is 5.18. The molecular formula is C28H33Cl2N3O2. The molecule has 1 amide bonds. The molecular weight excluding hydrogens is 481 g/mol. The maximum Gasteiger partial charge on any atom is 0.224 e. The minimum absolute atomic E-state index is 0.0831. The lowest BCUT2D eigenvalue weighted by Gasteiger charge is -2.41. The lowest BCUT2D eigenvalue weighted by molar-refractivity contribution is -0.124. The number of hydrogen-bond donors (Lipinski definition) is 0. The van der Waals surface area contributed by atoms with Gasteiger partial charge in [0.1, 0.15) is 5.78 Å². The first kappa shape index (κ1) is 25.9. The SMILES string of the molecule is CCCN(C)Cc1cccc2c1N(C(C)=O)C(c1ccc(Cl)cc1Cl)C1C(=O)CC(C)(C)CC1=N2. The van der Waals surface area contributed by atoms with E-state index in [-0.39, 0.29) is 17.1 Å². The van der Waals surface area contributed by atoms with Gasteiger partial charge in [-0.25, -0.2) is 0 Å². The maximum atomic E-state index is 13.7. The summed E-state index contributed by atoms with van der Waals surface area (Å²) in [6.45, 7) is 9.48. The van der Waals surface area contributed by atoms with Gasteiger partial charge in [-0.2, -0.15) is 0 Å². The summed E-state index contributed by atoms with van der Waals surface area (Å²) in [4.78, 5) is 36.2. The Morgan fingerprint density at radius 3 is 2.60 bits per heavy atom. The van der Waals surface area contributed by atoms with Crippen molar-refractivity contribution in [1.82, 2.24) is 4.90 Å². The summed E-state index contributed by atoms with van der Waals surface area (Å²) in [6, 6.07) is 10.7. The molecule has 1 aliphatic carbocycles. The van der Waals surface area contributed by atoms with Crippen LogP contribution in [0.5, 0.6) is 0 Å². The first-order valence-corrected chi connectivity index (χ1v) is 12.9. The molecule has 7 heteroatoms. The van der Waals surface area contributed by atoms with Crippen molar-refractivity contribution in [1.29, 1.82) is 0 Å². The smallest absolute Gasteiger partial charge is 0.224 e. The molecule has 1 fully saturated rings. The van der Waals surface area contributed by atoms with Crippen LogP contribution in [0.15, 0.2) is 41.4 Å². The summed E-state index contributed by atoms with van der Waals surface area (Å²) in [7, 11) is 2.07. The monoisotopic (exact) mass is 513 g/mol. The normalized spacial score (nSPS) is 21.3. The summed E-state index contributed by atoms with van der Waals surface area (Å²) < 4.78 is 0. The molecule has 2 atom stereocenters. The number of halogens is 2. The molecule has 0 aromatic heterocycles. The van der Waals surface area contributed by atoms with Gasteiger partial charge in [-0.1, -0.05) is 62.2 Å². The van der Waals surface area contributed by atoms with Crippen LogP contribution in [0, 0.1) is 11.3 Å². The van der Waals surface area contributed by atoms with E-state index in [4.69, 9.17) is 28.2 Å². The Morgan fingerprint density at radius 1 is 1.20 bits per heavy atom. The van der Waals surface area contributed by atoms with Crippen LogP contribution in [0.4, 0.5) is 11.4 Å². The largest absolute Gasteiger partial charge is 0.302 e. The van der Waals surface area contributed by atoms with E-state index in [0.717, 1.165) is 35.6 Å². The highest BCUT2D eigenvalue weighted by Crippen LogP contribution is 2.50. The van der Waals surface area contributed by atoms with E-state index < -0.39 is 12.0 Å². The lowest BCUT2D eigenvalue weighted by atomic mass is 9.68. The van der Waals surface area contributed by atoms with E-state index in [2.05, 4.69) is 32.7 Å². The molecule has 1 saturated carbocycles. The number of carbonyl (C=O) groups is 2. The standard InChI is InChI=1S/C28H33Cl2N3O2/c1-6-12-32(5)16-18-8-7-9-22-26(18)33(17(2)34)27(20-11-10-19(29)13-21(20)30)25-23(31-22)14-28(3,4)15-24(25)35/h7-11,13,25,27H,6,12,14-16H2,1-5H3. The number of anilines is 1. The van der Waals surface area contributed by atoms with Gasteiger partial charge in [-0.05, 0) is 61.2 Å². The van der Waals surface area contributed by atoms with Gasteiger partial charge >= 0.3 is 0 Å². The number of aliphatic imine (C=N–C) groups is 1. The Hall–Kier alpha value is -2.21. The Labute approximate surface area is 218 Å². The molecule has 1 aliphatic heterocycles. The van der Waals surface area contributed by atoms with Crippen molar-refractivity contribution in [2.45, 2.75) is 59.5 Å². The van der Waals surface area contributed by atoms with Crippen LogP contribution in [-0.4, -0.2) is 35.9 Å². The quantitative estimate of drug-likeness (QED) is 0.431. The van der Waals surface area contributed by atoms with Crippen molar-refractivity contribution in [3.63, 3.8) is 0 Å². The predicted octanol–water partition coefficient (Wildman–Crippen LogP) is 7.02. The fraction of sp³-hybridized carbons (Fsp3) is 0.464. The third-order valence-corrected chi connectivity index (χ3v) is 7.44. The zero-order chi connectivity index (χ0) is 25.5. The molecule has 5 nitrogen and oxygen atoms in total. The van der Waals surface area contributed by atoms with Gasteiger partial charge in [-0.15, -0.1) is 0 Å². The van der Waals surface area contributed by atoms with Crippen LogP contribution >= 0.6 is 23.2 Å². The topological polar surface area (TPSA) is 53.0 Å². The predicted molar refractivity (Wildman–Crippen MR) is 144 cm³/mol. The number of Topliss-reactive ketones (excluding diaryl/α,β-unsaturated/α-hetero) is 1. The van der Waals surface area contributed by atoms with Gasteiger partial charge in [0.2, 0.25) is 5.91 Å². The second-order valence-electron chi connectivity index (χ2n) is 10.6. The first-order valence-electron chi connectivity index (χ1n) is 12.2. The number of amides is 1. The fourth-order valence-corrected chi connectivity index (χ4v) is 6.10. The average Bonchev–Trinajstić information content (AvgIpc) is 2.88. The minimum Gasteiger partial charge on any atom is -0.302 e. The second-order valence-corrected chi connectivity index (χ2v) is 11.4. The zero-order valence-corrected chi connectivity index (χ0v) is 22.6. The fourth-order valence-electron chi connectivity index (χ4n) is 5.58. The molecule has 0 N–H and O–H groups in total. The molecule has 2 aliphatic rings. The Kier molecular flexibility index (Phi) is 7.42. The summed E-state index contributed by atoms with van der Waals surface area (Å²) >= 11 is 13.0. The molecule has 0 bridgehead atoms. The summed E-state index contributed by atoms with van der Waals surface area (Å²) in [5, 5.41) is 0.948. The summed E-state index contributed by atoms with van der Waals surface area (Å²) in [5.74, 6) is -0.638. The lowest BCUT2D eigenvalue weighted by Crippen LogP contribution is -2.47. The highest BCUT2D eigenvalue weighted by atomic mass is 35.5. The highest BCUT2D eigenvalue weighted by molar-refractivity contribution is 6.35. The van der Waals surface area contributed by atoms with Crippen molar-refractivity contribution in [3.8, 4) is 0 Å². The van der Waals surface area contributed by atoms with Crippen molar-refractivity contribution in [3.05, 3.63) is 57.6 Å². The third-order valence-electron chi connectivity index (χ3n) is 6.88. The van der Waals surface area contributed by atoms with E-state index in [0.29, 0.717) is 35.0 Å². The van der Waals surface area contributed by atoms with Gasteiger partial charge in [0.25, 0.3) is 0 Å². The van der Waals surface area contributed by atoms with Crippen LogP contribution in [0.2, 0.25) is 10.0 Å². The minimum atomic E-state index is -0.599. The van der Waals surface area contributed by atoms with Crippen molar-refractivity contribution < 1.29 is 9.59 Å². The molecule has 35 heavy (non-hydrogen) atoms. The average molecular weight is 514 g/mol. The van der Waals surface area contributed by atoms with E-state index >= 15 is 0 Å². The number of hydrogen-bond acceptors (Lipinski definition) is 4. The van der Waals surface area contributed by atoms with Crippen LogP contribution < -0.4 is 4.90 Å². The Morgan fingerprint density at radius 2 is 1.94 bits per heavy atom. The Bertz CT molecular complexity index is 1190. The number of nitrogens with zero attached hydrogens (tertiary/aromatic N) is 3. The second kappa shape index (κ2) is 10.0. The van der Waals surface area contributed by atoms with Gasteiger partial charge in [0.05, 0.1) is 23.3 Å². The van der Waals surface area contributed by atoms with Gasteiger partial charge in [0.15, 0.2) is 0 Å². The van der Waals surface area contributed by atoms with E-state index in [1.165, 1.54) is 0 Å². The molecule has 1 heterocycles. The number of rotatable bonds is 5. The molecule has 2 unspecified atom stereocenters. The molecule has 2 aromatic carbocycles. The van der Waals surface area contributed by atoms with E-state index in [1.807, 2.05) is 24.3 Å². The maximum absolute atomic E-state index is 13.7. The van der Waals surface area contributed by atoms with Gasteiger partial charge in [0, 0.05) is 35.6 Å². The molecule has 0 saturated heterocycles. The number of carbonyl (C=O) groups excluding carboxylic acids is 2. The highest BCUT2D eigenvalue weighted by Gasteiger charge is 2.48. The van der Waals surface area contributed by atoms with E-state index in [1.54, 1.807) is 24.0 Å². The van der Waals surface area contributed by atoms with Crippen molar-refractivity contribution in [2.75, 3.05) is 18.5 Å². The molecule has 0 spiro atoms. The first-order chi connectivity index (χ1) is 16.5. The zero-order valence-electron chi connectivity index (χ0n) is 21.1. The molecule has 0 radical (unpaired) electrons. The number of para-hydroxylation sites is 1. The summed E-state index contributed by atoms with van der Waals surface area (Å²) in [6.07, 6.45) is 2.13. The summed E-state index contributed by atoms with van der Waals surface area (Å²) in [5.41, 5.74) is 3.80. The van der Waals surface area contributed by atoms with Crippen LogP contribution in [0.25, 0.3) is 0 Å². The van der Waals surface area contributed by atoms with Crippen molar-refractivity contribution >= 4 is 52.0 Å². The van der Waals surface area contributed by atoms with Gasteiger partial charge in [-0.3, -0.25) is 14.6 Å². The van der Waals surface area contributed by atoms with Crippen molar-refractivity contribution in [2.24, 2.45) is 16.3 Å². The number of ketones is 1. The van der Waals surface area contributed by atoms with Crippen LogP contribution in [-0.2, 0) is 16.1 Å². The Balaban J connectivity index is 2.00. The molecule has 4 rings (SSSR count). The number of benzene rings is 2. The van der Waals surface area contributed by atoms with Gasteiger partial charge < -0.3 is 9.80 Å². The number of fused-ring (bicyclic) bond motifs is 2. The van der Waals surface area contributed by atoms with Crippen LogP contribution in [0.3, 0.4) is 0 Å². The van der Waals surface area contributed by atoms with Crippen LogP contribution in [0.1, 0.15) is 64.1 Å². The molecule has 2 aromatic rings.